The molecule has 5 heteroatoms. The molecule has 0 fully saturated rings. The van der Waals surface area contributed by atoms with Gasteiger partial charge in [-0.25, -0.2) is 4.79 Å². The maximum Gasteiger partial charge on any atom is 0.375 e. The normalized spacial score (nSPS) is 15.1. The number of fused-ring (bicyclic) bond motifs is 1. The van der Waals surface area contributed by atoms with Gasteiger partial charge in [-0.2, -0.15) is 0 Å². The molecule has 1 heterocycles. The van der Waals surface area contributed by atoms with Gasteiger partial charge in [-0.05, 0) is 31.0 Å². The Morgan fingerprint density at radius 1 is 1.41 bits per heavy atom. The average molecular weight is 236 g/mol. The SMILES string of the molecule is CC(O)Cc1ccc2c(c1)OC=C(C(=O)O)O2. The summed E-state index contributed by atoms with van der Waals surface area (Å²) < 4.78 is 10.3. The third-order valence-electron chi connectivity index (χ3n) is 2.26. The number of carbonyl (C=O) groups is 1. The Labute approximate surface area is 97.9 Å². The zero-order chi connectivity index (χ0) is 12.4. The number of carboxylic acid groups (broad SMARTS) is 1. The first-order chi connectivity index (χ1) is 8.06. The molecule has 0 radical (unpaired) electrons. The second-order valence-corrected chi connectivity index (χ2v) is 3.84. The third-order valence-corrected chi connectivity index (χ3v) is 2.26. The highest BCUT2D eigenvalue weighted by molar-refractivity contribution is 5.85. The standard InChI is InChI=1S/C12H12O5/c1-7(13)4-8-2-3-9-10(5-8)16-6-11(17-9)12(14)15/h2-3,5-7,13H,4H2,1H3,(H,14,15). The predicted molar refractivity (Wildman–Crippen MR) is 58.8 cm³/mol. The largest absolute Gasteiger partial charge is 0.475 e. The molecule has 0 aliphatic carbocycles. The van der Waals surface area contributed by atoms with Crippen LogP contribution in [0.5, 0.6) is 11.5 Å². The third kappa shape index (κ3) is 2.57. The molecule has 0 amide bonds. The monoisotopic (exact) mass is 236 g/mol. The van der Waals surface area contributed by atoms with E-state index >= 15 is 0 Å². The molecule has 5 nitrogen and oxygen atoms in total. The van der Waals surface area contributed by atoms with Crippen molar-refractivity contribution in [2.24, 2.45) is 0 Å². The van der Waals surface area contributed by atoms with Crippen molar-refractivity contribution in [3.63, 3.8) is 0 Å². The maximum atomic E-state index is 10.7. The van der Waals surface area contributed by atoms with Gasteiger partial charge in [0.1, 0.15) is 6.26 Å². The topological polar surface area (TPSA) is 76.0 Å². The Hall–Kier alpha value is -2.01. The Bertz CT molecular complexity index is 476. The van der Waals surface area contributed by atoms with Gasteiger partial charge in [0.25, 0.3) is 0 Å². The molecule has 2 rings (SSSR count). The summed E-state index contributed by atoms with van der Waals surface area (Å²) in [7, 11) is 0. The van der Waals surface area contributed by atoms with Crippen molar-refractivity contribution in [2.45, 2.75) is 19.4 Å². The number of aliphatic carboxylic acids is 1. The van der Waals surface area contributed by atoms with E-state index in [1.54, 1.807) is 25.1 Å². The highest BCUT2D eigenvalue weighted by Crippen LogP contribution is 2.33. The summed E-state index contributed by atoms with van der Waals surface area (Å²) in [5.41, 5.74) is 0.898. The quantitative estimate of drug-likeness (QED) is 0.827. The summed E-state index contributed by atoms with van der Waals surface area (Å²) in [5, 5.41) is 18.0. The molecule has 1 atom stereocenters. The molecule has 0 aromatic heterocycles. The second kappa shape index (κ2) is 4.47. The lowest BCUT2D eigenvalue weighted by Gasteiger charge is -2.16. The first-order valence-electron chi connectivity index (χ1n) is 5.15. The van der Waals surface area contributed by atoms with Crippen LogP contribution in [0, 0.1) is 0 Å². The molecule has 1 aromatic rings. The van der Waals surface area contributed by atoms with Crippen LogP contribution < -0.4 is 9.47 Å². The van der Waals surface area contributed by atoms with Gasteiger partial charge in [-0.15, -0.1) is 0 Å². The summed E-state index contributed by atoms with van der Waals surface area (Å²) in [4.78, 5) is 10.7. The van der Waals surface area contributed by atoms with Gasteiger partial charge in [-0.3, -0.25) is 0 Å². The molecule has 0 saturated heterocycles. The Balaban J connectivity index is 2.21. The van der Waals surface area contributed by atoms with Crippen molar-refractivity contribution in [1.82, 2.24) is 0 Å². The van der Waals surface area contributed by atoms with Crippen LogP contribution in [0.25, 0.3) is 0 Å². The fourth-order valence-corrected chi connectivity index (χ4v) is 1.55. The average Bonchev–Trinajstić information content (AvgIpc) is 2.27. The molecule has 1 aliphatic rings. The van der Waals surface area contributed by atoms with Crippen LogP contribution >= 0.6 is 0 Å². The van der Waals surface area contributed by atoms with Crippen molar-refractivity contribution in [1.29, 1.82) is 0 Å². The van der Waals surface area contributed by atoms with Gasteiger partial charge in [0.05, 0.1) is 6.10 Å². The molecule has 0 bridgehead atoms. The zero-order valence-corrected chi connectivity index (χ0v) is 9.21. The van der Waals surface area contributed by atoms with Crippen LogP contribution in [0.4, 0.5) is 0 Å². The van der Waals surface area contributed by atoms with Crippen molar-refractivity contribution < 1.29 is 24.5 Å². The molecular weight excluding hydrogens is 224 g/mol. The first kappa shape index (κ1) is 11.5. The van der Waals surface area contributed by atoms with Crippen molar-refractivity contribution in [3.8, 4) is 11.5 Å². The van der Waals surface area contributed by atoms with Crippen molar-refractivity contribution in [2.75, 3.05) is 0 Å². The van der Waals surface area contributed by atoms with Crippen molar-refractivity contribution in [3.05, 3.63) is 35.8 Å². The number of hydrogen-bond acceptors (Lipinski definition) is 4. The lowest BCUT2D eigenvalue weighted by atomic mass is 10.1. The second-order valence-electron chi connectivity index (χ2n) is 3.84. The van der Waals surface area contributed by atoms with E-state index in [0.29, 0.717) is 17.9 Å². The highest BCUT2D eigenvalue weighted by Gasteiger charge is 2.19. The molecule has 1 unspecified atom stereocenters. The van der Waals surface area contributed by atoms with E-state index in [2.05, 4.69) is 0 Å². The molecule has 1 aliphatic heterocycles. The minimum absolute atomic E-state index is 0.249. The number of aliphatic hydroxyl groups is 1. The molecule has 17 heavy (non-hydrogen) atoms. The van der Waals surface area contributed by atoms with E-state index < -0.39 is 12.1 Å². The van der Waals surface area contributed by atoms with E-state index in [9.17, 15) is 9.90 Å². The molecule has 2 N–H and O–H groups in total. The number of ether oxygens (including phenoxy) is 2. The van der Waals surface area contributed by atoms with E-state index in [1.165, 1.54) is 0 Å². The number of hydrogen-bond donors (Lipinski definition) is 2. The van der Waals surface area contributed by atoms with Crippen LogP contribution in [-0.2, 0) is 11.2 Å². The van der Waals surface area contributed by atoms with Gasteiger partial charge >= 0.3 is 5.97 Å². The smallest absolute Gasteiger partial charge is 0.375 e. The van der Waals surface area contributed by atoms with Crippen LogP contribution in [0.2, 0.25) is 0 Å². The predicted octanol–water partition coefficient (Wildman–Crippen LogP) is 1.31. The Morgan fingerprint density at radius 2 is 2.18 bits per heavy atom. The Kier molecular flexibility index (Phi) is 3.01. The zero-order valence-electron chi connectivity index (χ0n) is 9.21. The highest BCUT2D eigenvalue weighted by atomic mass is 16.6. The van der Waals surface area contributed by atoms with Gasteiger partial charge in [0, 0.05) is 0 Å². The molecule has 0 spiro atoms. The number of carboxylic acids is 1. The summed E-state index contributed by atoms with van der Waals surface area (Å²) >= 11 is 0. The maximum absolute atomic E-state index is 10.7. The minimum Gasteiger partial charge on any atom is -0.475 e. The first-order valence-corrected chi connectivity index (χ1v) is 5.15. The van der Waals surface area contributed by atoms with E-state index in [-0.39, 0.29) is 5.76 Å². The van der Waals surface area contributed by atoms with Crippen LogP contribution in [0.1, 0.15) is 12.5 Å². The molecule has 1 aromatic carbocycles. The van der Waals surface area contributed by atoms with Gasteiger partial charge in [-0.1, -0.05) is 6.07 Å². The summed E-state index contributed by atoms with van der Waals surface area (Å²) in [6.45, 7) is 1.69. The summed E-state index contributed by atoms with van der Waals surface area (Å²) in [5.74, 6) is -0.614. The fourth-order valence-electron chi connectivity index (χ4n) is 1.55. The summed E-state index contributed by atoms with van der Waals surface area (Å²) in [6, 6.07) is 5.11. The Morgan fingerprint density at radius 3 is 2.82 bits per heavy atom. The van der Waals surface area contributed by atoms with Crippen LogP contribution in [0.15, 0.2) is 30.2 Å². The summed E-state index contributed by atoms with van der Waals surface area (Å²) in [6.07, 6.45) is 1.12. The number of rotatable bonds is 3. The molecule has 90 valence electrons. The minimum atomic E-state index is -1.18. The number of aliphatic hydroxyl groups excluding tert-OH is 1. The lowest BCUT2D eigenvalue weighted by molar-refractivity contribution is -0.135. The van der Waals surface area contributed by atoms with E-state index in [4.69, 9.17) is 14.6 Å². The molecule has 0 saturated carbocycles. The fraction of sp³-hybridized carbons (Fsp3) is 0.250. The van der Waals surface area contributed by atoms with Crippen molar-refractivity contribution >= 4 is 5.97 Å². The van der Waals surface area contributed by atoms with Crippen LogP contribution in [0.3, 0.4) is 0 Å². The molecular formula is C12H12O5. The van der Waals surface area contributed by atoms with Gasteiger partial charge < -0.3 is 19.7 Å². The van der Waals surface area contributed by atoms with Gasteiger partial charge in [0.15, 0.2) is 11.5 Å². The van der Waals surface area contributed by atoms with Gasteiger partial charge in [0.2, 0.25) is 5.76 Å². The van der Waals surface area contributed by atoms with E-state index in [1.807, 2.05) is 0 Å². The number of benzene rings is 1. The van der Waals surface area contributed by atoms with Crippen LogP contribution in [-0.4, -0.2) is 22.3 Å². The lowest BCUT2D eigenvalue weighted by Crippen LogP contribution is -2.13. The van der Waals surface area contributed by atoms with E-state index in [0.717, 1.165) is 11.8 Å².